The quantitative estimate of drug-likeness (QED) is 0.414. The Balaban J connectivity index is 1.44. The number of hydrazine groups is 1. The van der Waals surface area contributed by atoms with Crippen LogP contribution in [0.5, 0.6) is 11.5 Å². The van der Waals surface area contributed by atoms with Gasteiger partial charge in [-0.2, -0.15) is 0 Å². The van der Waals surface area contributed by atoms with E-state index in [1.807, 2.05) is 13.8 Å². The van der Waals surface area contributed by atoms with Gasteiger partial charge in [0.05, 0.1) is 13.2 Å². The molecular formula is C22H30N4O6. The maximum absolute atomic E-state index is 12.6. The SMILES string of the molecule is COc1cc(C(=O)NNC(=O)CCCN2C(=O)NC3(CCCC3)C2=O)ccc1OC(C)C. The highest BCUT2D eigenvalue weighted by atomic mass is 16.5. The van der Waals surface area contributed by atoms with E-state index >= 15 is 0 Å². The summed E-state index contributed by atoms with van der Waals surface area (Å²) in [5.41, 5.74) is 4.24. The van der Waals surface area contributed by atoms with Gasteiger partial charge in [0.1, 0.15) is 5.54 Å². The van der Waals surface area contributed by atoms with Gasteiger partial charge in [0.2, 0.25) is 5.91 Å². The molecule has 3 N–H and O–H groups in total. The van der Waals surface area contributed by atoms with Crippen molar-refractivity contribution in [2.24, 2.45) is 0 Å². The second kappa shape index (κ2) is 9.88. The second-order valence-corrected chi connectivity index (χ2v) is 8.31. The number of hydrogen-bond acceptors (Lipinski definition) is 6. The van der Waals surface area contributed by atoms with E-state index in [9.17, 15) is 19.2 Å². The largest absolute Gasteiger partial charge is 0.493 e. The number of rotatable bonds is 8. The molecule has 3 rings (SSSR count). The number of hydrogen-bond donors (Lipinski definition) is 3. The Bertz CT molecular complexity index is 894. The molecule has 0 atom stereocenters. The number of carbonyl (C=O) groups excluding carboxylic acids is 4. The van der Waals surface area contributed by atoms with E-state index in [0.29, 0.717) is 36.3 Å². The van der Waals surface area contributed by atoms with E-state index in [0.717, 1.165) is 12.8 Å². The second-order valence-electron chi connectivity index (χ2n) is 8.31. The fourth-order valence-corrected chi connectivity index (χ4v) is 4.02. The third-order valence-corrected chi connectivity index (χ3v) is 5.59. The molecule has 2 aliphatic rings. The Kier molecular flexibility index (Phi) is 7.22. The number of methoxy groups -OCH3 is 1. The van der Waals surface area contributed by atoms with Crippen LogP contribution in [0.1, 0.15) is 62.7 Å². The van der Waals surface area contributed by atoms with Crippen LogP contribution in [0, 0.1) is 0 Å². The highest BCUT2D eigenvalue weighted by molar-refractivity contribution is 6.07. The molecule has 0 radical (unpaired) electrons. The first kappa shape index (κ1) is 23.4. The maximum atomic E-state index is 12.6. The lowest BCUT2D eigenvalue weighted by atomic mass is 9.98. The lowest BCUT2D eigenvalue weighted by Gasteiger charge is -2.19. The Morgan fingerprint density at radius 2 is 1.88 bits per heavy atom. The average molecular weight is 447 g/mol. The van der Waals surface area contributed by atoms with Gasteiger partial charge in [-0.05, 0) is 51.3 Å². The summed E-state index contributed by atoms with van der Waals surface area (Å²) >= 11 is 0. The highest BCUT2D eigenvalue weighted by Crippen LogP contribution is 2.35. The van der Waals surface area contributed by atoms with E-state index in [1.165, 1.54) is 18.1 Å². The van der Waals surface area contributed by atoms with Crippen molar-refractivity contribution >= 4 is 23.8 Å². The van der Waals surface area contributed by atoms with Gasteiger partial charge in [-0.15, -0.1) is 0 Å². The summed E-state index contributed by atoms with van der Waals surface area (Å²) in [6.45, 7) is 3.92. The van der Waals surface area contributed by atoms with Crippen LogP contribution in [0.25, 0.3) is 0 Å². The van der Waals surface area contributed by atoms with Gasteiger partial charge in [0.15, 0.2) is 11.5 Å². The summed E-state index contributed by atoms with van der Waals surface area (Å²) in [4.78, 5) is 50.3. The lowest BCUT2D eigenvalue weighted by Crippen LogP contribution is -2.44. The molecule has 0 bridgehead atoms. The summed E-state index contributed by atoms with van der Waals surface area (Å²) in [5, 5.41) is 2.81. The predicted molar refractivity (Wildman–Crippen MR) is 115 cm³/mol. The smallest absolute Gasteiger partial charge is 0.325 e. The zero-order valence-corrected chi connectivity index (χ0v) is 18.7. The van der Waals surface area contributed by atoms with Gasteiger partial charge >= 0.3 is 6.03 Å². The van der Waals surface area contributed by atoms with Crippen LogP contribution in [0.2, 0.25) is 0 Å². The van der Waals surface area contributed by atoms with E-state index in [1.54, 1.807) is 12.1 Å². The van der Waals surface area contributed by atoms with Crippen molar-refractivity contribution in [2.45, 2.75) is 64.0 Å². The molecule has 0 aromatic heterocycles. The Morgan fingerprint density at radius 3 is 2.53 bits per heavy atom. The number of amides is 5. The fraction of sp³-hybridized carbons (Fsp3) is 0.545. The van der Waals surface area contributed by atoms with E-state index in [2.05, 4.69) is 16.2 Å². The molecule has 0 unspecified atom stereocenters. The summed E-state index contributed by atoms with van der Waals surface area (Å²) < 4.78 is 10.9. The van der Waals surface area contributed by atoms with Gasteiger partial charge in [-0.3, -0.25) is 30.1 Å². The standard InChI is InChI=1S/C22H30N4O6/c1-14(2)32-16-9-8-15(13-17(16)31-3)19(28)25-24-18(27)7-6-12-26-20(29)22(23-21(26)30)10-4-5-11-22/h8-9,13-14H,4-7,10-12H2,1-3H3,(H,23,30)(H,24,27)(H,25,28). The monoisotopic (exact) mass is 446 g/mol. The van der Waals surface area contributed by atoms with Crippen LogP contribution >= 0.6 is 0 Å². The number of nitrogens with one attached hydrogen (secondary N) is 3. The van der Waals surface area contributed by atoms with Crippen molar-refractivity contribution in [3.05, 3.63) is 23.8 Å². The molecule has 1 spiro atoms. The van der Waals surface area contributed by atoms with Crippen molar-refractivity contribution in [2.75, 3.05) is 13.7 Å². The summed E-state index contributed by atoms with van der Waals surface area (Å²) in [6, 6.07) is 4.32. The molecule has 5 amide bonds. The summed E-state index contributed by atoms with van der Waals surface area (Å²) in [5.74, 6) is -0.209. The van der Waals surface area contributed by atoms with Crippen LogP contribution in [0.15, 0.2) is 18.2 Å². The number of benzene rings is 1. The molecule has 1 aliphatic carbocycles. The molecule has 2 fully saturated rings. The average Bonchev–Trinajstić information content (AvgIpc) is 3.32. The van der Waals surface area contributed by atoms with Gasteiger partial charge in [0.25, 0.3) is 11.8 Å². The van der Waals surface area contributed by atoms with Crippen molar-refractivity contribution in [3.8, 4) is 11.5 Å². The number of imide groups is 1. The molecule has 1 aliphatic heterocycles. The van der Waals surface area contributed by atoms with Gasteiger partial charge < -0.3 is 14.8 Å². The maximum Gasteiger partial charge on any atom is 0.325 e. The summed E-state index contributed by atoms with van der Waals surface area (Å²) in [7, 11) is 1.48. The van der Waals surface area contributed by atoms with Crippen LogP contribution in [0.4, 0.5) is 4.79 Å². The number of ether oxygens (including phenoxy) is 2. The highest BCUT2D eigenvalue weighted by Gasteiger charge is 2.52. The van der Waals surface area contributed by atoms with Gasteiger partial charge in [-0.1, -0.05) is 12.8 Å². The minimum Gasteiger partial charge on any atom is -0.493 e. The molecule has 1 saturated heterocycles. The summed E-state index contributed by atoms with van der Waals surface area (Å²) in [6.07, 6.45) is 3.46. The normalized spacial score (nSPS) is 16.9. The number of nitrogens with zero attached hydrogens (tertiary/aromatic N) is 1. The number of urea groups is 1. The molecular weight excluding hydrogens is 416 g/mol. The molecule has 10 heteroatoms. The molecule has 32 heavy (non-hydrogen) atoms. The van der Waals surface area contributed by atoms with E-state index in [4.69, 9.17) is 9.47 Å². The van der Waals surface area contributed by atoms with Gasteiger partial charge in [-0.25, -0.2) is 4.79 Å². The molecule has 1 heterocycles. The number of carbonyl (C=O) groups is 4. The molecule has 174 valence electrons. The Hall–Kier alpha value is -3.30. The zero-order valence-electron chi connectivity index (χ0n) is 18.7. The van der Waals surface area contributed by atoms with Gasteiger partial charge in [0, 0.05) is 18.5 Å². The van der Waals surface area contributed by atoms with E-state index in [-0.39, 0.29) is 25.0 Å². The molecule has 1 aromatic carbocycles. The first-order valence-corrected chi connectivity index (χ1v) is 10.8. The molecule has 1 aromatic rings. The zero-order chi connectivity index (χ0) is 23.3. The Morgan fingerprint density at radius 1 is 1.16 bits per heavy atom. The van der Waals surface area contributed by atoms with Crippen molar-refractivity contribution < 1.29 is 28.7 Å². The first-order valence-electron chi connectivity index (χ1n) is 10.8. The fourth-order valence-electron chi connectivity index (χ4n) is 4.02. The lowest BCUT2D eigenvalue weighted by molar-refractivity contribution is -0.131. The van der Waals surface area contributed by atoms with Crippen molar-refractivity contribution in [1.82, 2.24) is 21.1 Å². The molecule has 1 saturated carbocycles. The van der Waals surface area contributed by atoms with E-state index < -0.39 is 23.4 Å². The van der Waals surface area contributed by atoms with Crippen LogP contribution in [-0.2, 0) is 9.59 Å². The van der Waals surface area contributed by atoms with Crippen molar-refractivity contribution in [3.63, 3.8) is 0 Å². The van der Waals surface area contributed by atoms with Crippen molar-refractivity contribution in [1.29, 1.82) is 0 Å². The van der Waals surface area contributed by atoms with Crippen LogP contribution in [-0.4, -0.2) is 54.0 Å². The predicted octanol–water partition coefficient (Wildman–Crippen LogP) is 1.89. The first-order chi connectivity index (χ1) is 15.3. The minimum atomic E-state index is -0.746. The Labute approximate surface area is 187 Å². The third kappa shape index (κ3) is 5.12. The van der Waals surface area contributed by atoms with Crippen LogP contribution in [0.3, 0.4) is 0 Å². The molecule has 10 nitrogen and oxygen atoms in total. The van der Waals surface area contributed by atoms with Crippen LogP contribution < -0.4 is 25.6 Å². The third-order valence-electron chi connectivity index (χ3n) is 5.59. The minimum absolute atomic E-state index is 0.0477. The topological polar surface area (TPSA) is 126 Å².